The number of hydrazone groups is 1. The number of amides is 1. The normalized spacial score (nSPS) is 11.9. The lowest BCUT2D eigenvalue weighted by Gasteiger charge is -2.14. The first-order chi connectivity index (χ1) is 19.5. The fourth-order valence-corrected chi connectivity index (χ4v) is 5.01. The van der Waals surface area contributed by atoms with E-state index < -0.39 is 5.25 Å². The third-order valence-corrected chi connectivity index (χ3v) is 7.23. The minimum Gasteiger partial charge on any atom is -0.504 e. The summed E-state index contributed by atoms with van der Waals surface area (Å²) in [5.74, 6) is 0.784. The van der Waals surface area contributed by atoms with Crippen LogP contribution in [0.5, 0.6) is 11.5 Å². The van der Waals surface area contributed by atoms with Crippen LogP contribution in [0.2, 0.25) is 0 Å². The molecule has 10 heteroatoms. The maximum atomic E-state index is 12.8. The van der Waals surface area contributed by atoms with Crippen molar-refractivity contribution < 1.29 is 14.6 Å². The number of anilines is 1. The summed E-state index contributed by atoms with van der Waals surface area (Å²) in [7, 11) is 1.47. The molecule has 1 aromatic heterocycles. The van der Waals surface area contributed by atoms with Crippen molar-refractivity contribution in [2.45, 2.75) is 23.9 Å². The number of hydrogen-bond acceptors (Lipinski definition) is 8. The van der Waals surface area contributed by atoms with Gasteiger partial charge in [-0.25, -0.2) is 5.43 Å². The number of carbonyl (C=O) groups is 1. The lowest BCUT2D eigenvalue weighted by Crippen LogP contribution is -2.27. The van der Waals surface area contributed by atoms with Gasteiger partial charge < -0.3 is 15.2 Å². The molecule has 0 fully saturated rings. The van der Waals surface area contributed by atoms with E-state index in [0.29, 0.717) is 28.8 Å². The second-order valence-electron chi connectivity index (χ2n) is 8.88. The minimum atomic E-state index is -0.503. The van der Waals surface area contributed by atoms with Crippen LogP contribution in [0, 0.1) is 0 Å². The number of benzene rings is 4. The lowest BCUT2D eigenvalue weighted by atomic mass is 10.1. The van der Waals surface area contributed by atoms with Gasteiger partial charge in [0.05, 0.1) is 25.1 Å². The van der Waals surface area contributed by atoms with Crippen molar-refractivity contribution in [1.82, 2.24) is 20.2 Å². The topological polar surface area (TPSA) is 114 Å². The Bertz CT molecular complexity index is 1650. The number of phenolic OH excluding ortho intramolecular Hbond substituents is 1. The molecule has 1 heterocycles. The number of fused-ring (bicyclic) bond motifs is 1. The fourth-order valence-electron chi connectivity index (χ4n) is 4.13. The highest BCUT2D eigenvalue weighted by atomic mass is 32.2. The van der Waals surface area contributed by atoms with E-state index in [1.165, 1.54) is 31.2 Å². The summed E-state index contributed by atoms with van der Waals surface area (Å²) in [6.07, 6.45) is 1.49. The number of thioether (sulfide) groups is 1. The van der Waals surface area contributed by atoms with Gasteiger partial charge in [-0.3, -0.25) is 9.36 Å². The molecule has 0 saturated carbocycles. The summed E-state index contributed by atoms with van der Waals surface area (Å²) in [4.78, 5) is 12.8. The number of rotatable bonds is 10. The summed E-state index contributed by atoms with van der Waals surface area (Å²) in [5.41, 5.74) is 5.14. The van der Waals surface area contributed by atoms with Crippen molar-refractivity contribution in [3.63, 3.8) is 0 Å². The number of carbonyl (C=O) groups excluding carboxylic acids is 1. The van der Waals surface area contributed by atoms with Crippen LogP contribution in [0.25, 0.3) is 16.5 Å². The molecule has 9 nitrogen and oxygen atoms in total. The van der Waals surface area contributed by atoms with Crippen molar-refractivity contribution in [2.75, 3.05) is 12.4 Å². The number of methoxy groups -OCH3 is 1. The molecule has 40 heavy (non-hydrogen) atoms. The van der Waals surface area contributed by atoms with Gasteiger partial charge in [-0.2, -0.15) is 5.10 Å². The molecule has 0 spiro atoms. The first-order valence-electron chi connectivity index (χ1n) is 12.6. The molecule has 1 amide bonds. The summed E-state index contributed by atoms with van der Waals surface area (Å²) in [6.45, 7) is 2.23. The van der Waals surface area contributed by atoms with Crippen LogP contribution in [0.3, 0.4) is 0 Å². The number of ether oxygens (including phenoxy) is 1. The minimum absolute atomic E-state index is 0.0305. The smallest absolute Gasteiger partial charge is 0.253 e. The average Bonchev–Trinajstić information content (AvgIpc) is 3.39. The molecule has 0 aliphatic carbocycles. The molecule has 0 bridgehead atoms. The molecule has 5 rings (SSSR count). The van der Waals surface area contributed by atoms with Crippen molar-refractivity contribution in [3.05, 3.63) is 102 Å². The maximum absolute atomic E-state index is 12.8. The Morgan fingerprint density at radius 1 is 1.05 bits per heavy atom. The predicted octanol–water partition coefficient (Wildman–Crippen LogP) is 5.38. The predicted molar refractivity (Wildman–Crippen MR) is 158 cm³/mol. The molecule has 1 unspecified atom stereocenters. The monoisotopic (exact) mass is 552 g/mol. The highest BCUT2D eigenvalue weighted by molar-refractivity contribution is 8.00. The standard InChI is InChI=1S/C30H28N6O3S/c1-20(29(38)34-32-18-21-15-16-26(37)27(17-21)39-2)40-30-35-33-28(36(30)23-11-4-3-5-12-23)19-31-25-14-8-10-22-9-6-7-13-24(22)25/h3-18,20,31,37H,19H2,1-2H3,(H,34,38)/b32-18+. The van der Waals surface area contributed by atoms with Gasteiger partial charge in [0, 0.05) is 16.8 Å². The van der Waals surface area contributed by atoms with Crippen LogP contribution < -0.4 is 15.5 Å². The molecule has 4 aromatic carbocycles. The summed E-state index contributed by atoms with van der Waals surface area (Å²) in [6, 6.07) is 29.0. The number of para-hydroxylation sites is 1. The maximum Gasteiger partial charge on any atom is 0.253 e. The second kappa shape index (κ2) is 12.4. The van der Waals surface area contributed by atoms with Gasteiger partial charge in [-0.15, -0.1) is 10.2 Å². The average molecular weight is 553 g/mol. The second-order valence-corrected chi connectivity index (χ2v) is 10.2. The SMILES string of the molecule is COc1cc(/C=N/NC(=O)C(C)Sc2nnc(CNc3cccc4ccccc34)n2-c2ccccc2)ccc1O. The van der Waals surface area contributed by atoms with Gasteiger partial charge >= 0.3 is 0 Å². The molecule has 5 aromatic rings. The summed E-state index contributed by atoms with van der Waals surface area (Å²) < 4.78 is 7.06. The zero-order chi connectivity index (χ0) is 27.9. The highest BCUT2D eigenvalue weighted by Gasteiger charge is 2.21. The number of nitrogens with zero attached hydrogens (tertiary/aromatic N) is 4. The van der Waals surface area contributed by atoms with Crippen molar-refractivity contribution in [3.8, 4) is 17.2 Å². The molecular formula is C30H28N6O3S. The van der Waals surface area contributed by atoms with Crippen LogP contribution in [0.15, 0.2) is 101 Å². The Labute approximate surface area is 235 Å². The van der Waals surface area contributed by atoms with Gasteiger partial charge in [0.25, 0.3) is 5.91 Å². The van der Waals surface area contributed by atoms with Gasteiger partial charge in [-0.05, 0) is 54.3 Å². The van der Waals surface area contributed by atoms with E-state index in [4.69, 9.17) is 4.74 Å². The molecule has 202 valence electrons. The molecule has 0 radical (unpaired) electrons. The quantitative estimate of drug-likeness (QED) is 0.121. The van der Waals surface area contributed by atoms with Crippen LogP contribution in [-0.4, -0.2) is 44.4 Å². The van der Waals surface area contributed by atoms with Gasteiger partial charge in [-0.1, -0.05) is 66.4 Å². The van der Waals surface area contributed by atoms with Gasteiger partial charge in [0.2, 0.25) is 0 Å². The van der Waals surface area contributed by atoms with Crippen molar-refractivity contribution in [2.24, 2.45) is 5.10 Å². The van der Waals surface area contributed by atoms with Crippen LogP contribution in [0.4, 0.5) is 5.69 Å². The van der Waals surface area contributed by atoms with E-state index in [1.54, 1.807) is 19.1 Å². The van der Waals surface area contributed by atoms with E-state index in [-0.39, 0.29) is 11.7 Å². The molecule has 0 saturated heterocycles. The van der Waals surface area contributed by atoms with Crippen LogP contribution in [-0.2, 0) is 11.3 Å². The van der Waals surface area contributed by atoms with E-state index in [1.807, 2.05) is 59.2 Å². The Kier molecular flexibility index (Phi) is 8.26. The van der Waals surface area contributed by atoms with Gasteiger partial charge in [0.1, 0.15) is 0 Å². The zero-order valence-corrected chi connectivity index (χ0v) is 22.8. The number of nitrogens with one attached hydrogen (secondary N) is 2. The first kappa shape index (κ1) is 26.8. The lowest BCUT2D eigenvalue weighted by molar-refractivity contribution is -0.120. The molecular weight excluding hydrogens is 524 g/mol. The molecule has 0 aliphatic heterocycles. The van der Waals surface area contributed by atoms with Crippen LogP contribution in [0.1, 0.15) is 18.3 Å². The van der Waals surface area contributed by atoms with E-state index in [9.17, 15) is 9.90 Å². The van der Waals surface area contributed by atoms with E-state index in [2.05, 4.69) is 44.2 Å². The number of phenols is 1. The number of aromatic hydroxyl groups is 1. The zero-order valence-electron chi connectivity index (χ0n) is 22.0. The fraction of sp³-hybridized carbons (Fsp3) is 0.133. The number of hydrogen-bond donors (Lipinski definition) is 3. The van der Waals surface area contributed by atoms with E-state index >= 15 is 0 Å². The third-order valence-electron chi connectivity index (χ3n) is 6.18. The molecule has 3 N–H and O–H groups in total. The van der Waals surface area contributed by atoms with Crippen molar-refractivity contribution in [1.29, 1.82) is 0 Å². The Balaban J connectivity index is 1.31. The largest absolute Gasteiger partial charge is 0.504 e. The Hall–Kier alpha value is -4.83. The van der Waals surface area contributed by atoms with Gasteiger partial charge in [0.15, 0.2) is 22.5 Å². The summed E-state index contributed by atoms with van der Waals surface area (Å²) >= 11 is 1.30. The third kappa shape index (κ3) is 6.08. The molecule has 0 aliphatic rings. The molecule has 1 atom stereocenters. The highest BCUT2D eigenvalue weighted by Crippen LogP contribution is 2.28. The Morgan fingerprint density at radius 3 is 2.65 bits per heavy atom. The Morgan fingerprint density at radius 2 is 1.82 bits per heavy atom. The van der Waals surface area contributed by atoms with Crippen molar-refractivity contribution >= 4 is 40.3 Å². The number of aromatic nitrogens is 3. The summed E-state index contributed by atoms with van der Waals surface area (Å²) in [5, 5.41) is 28.6. The van der Waals surface area contributed by atoms with Crippen LogP contribution >= 0.6 is 11.8 Å². The van der Waals surface area contributed by atoms with E-state index in [0.717, 1.165) is 22.1 Å². The first-order valence-corrected chi connectivity index (χ1v) is 13.5.